The summed E-state index contributed by atoms with van der Waals surface area (Å²) in [5.74, 6) is -0.454. The highest BCUT2D eigenvalue weighted by Crippen LogP contribution is 2.44. The van der Waals surface area contributed by atoms with Crippen LogP contribution in [0.2, 0.25) is 0 Å². The molecule has 1 atom stereocenters. The molecule has 0 spiro atoms. The molecule has 35 heavy (non-hydrogen) atoms. The fraction of sp³-hybridized carbons (Fsp3) is 0.259. The first-order chi connectivity index (χ1) is 16.7. The number of hydrogen-bond donors (Lipinski definition) is 4. The Morgan fingerprint density at radius 2 is 1.74 bits per heavy atom. The van der Waals surface area contributed by atoms with Crippen molar-refractivity contribution in [1.29, 1.82) is 0 Å². The third kappa shape index (κ3) is 6.77. The Kier molecular flexibility index (Phi) is 8.78. The van der Waals surface area contributed by atoms with Gasteiger partial charge >= 0.3 is 6.09 Å². The molecule has 0 aliphatic carbocycles. The Morgan fingerprint density at radius 3 is 2.40 bits per heavy atom. The molecule has 0 bridgehead atoms. The molecule has 0 saturated carbocycles. The summed E-state index contributed by atoms with van der Waals surface area (Å²) in [6, 6.07) is 18.3. The van der Waals surface area contributed by atoms with Gasteiger partial charge in [-0.15, -0.1) is 11.8 Å². The van der Waals surface area contributed by atoms with Crippen LogP contribution in [-0.2, 0) is 9.53 Å². The zero-order valence-corrected chi connectivity index (χ0v) is 20.8. The molecule has 2 amide bonds. The van der Waals surface area contributed by atoms with E-state index in [1.807, 2.05) is 68.6 Å². The van der Waals surface area contributed by atoms with Gasteiger partial charge in [0.1, 0.15) is 11.9 Å². The highest BCUT2D eigenvalue weighted by molar-refractivity contribution is 7.98. The minimum Gasteiger partial charge on any atom is -0.507 e. The van der Waals surface area contributed by atoms with Gasteiger partial charge in [-0.25, -0.2) is 10.3 Å². The Morgan fingerprint density at radius 1 is 1.06 bits per heavy atom. The molecular weight excluding hydrogens is 464 g/mol. The predicted molar refractivity (Wildman–Crippen MR) is 139 cm³/mol. The first-order valence-electron chi connectivity index (χ1n) is 11.2. The topological polar surface area (TPSA) is 108 Å². The van der Waals surface area contributed by atoms with Crippen LogP contribution in [0.4, 0.5) is 10.5 Å². The van der Waals surface area contributed by atoms with Crippen molar-refractivity contribution in [2.75, 3.05) is 11.6 Å². The number of ether oxygens (including phenoxy) is 1. The summed E-state index contributed by atoms with van der Waals surface area (Å²) in [6.07, 6.45) is 4.76. The van der Waals surface area contributed by atoms with Crippen LogP contribution in [0.15, 0.2) is 77.7 Å². The van der Waals surface area contributed by atoms with E-state index in [4.69, 9.17) is 9.94 Å². The fourth-order valence-corrected chi connectivity index (χ4v) is 4.33. The fourth-order valence-electron chi connectivity index (χ4n) is 3.92. The SMILES string of the molecule is CSc1ccc(NC(=O)O[C@H](c2ccc(O)c3ccccc23)C(C)(C)CC/C=C/C(=O)NO)cc1. The Bertz CT molecular complexity index is 1210. The van der Waals surface area contributed by atoms with E-state index in [0.717, 1.165) is 15.8 Å². The first kappa shape index (κ1) is 26.1. The summed E-state index contributed by atoms with van der Waals surface area (Å²) in [4.78, 5) is 25.3. The monoisotopic (exact) mass is 494 g/mol. The van der Waals surface area contributed by atoms with Crippen molar-refractivity contribution >= 4 is 40.2 Å². The number of phenolic OH excluding ortho intramolecular Hbond substituents is 1. The summed E-state index contributed by atoms with van der Waals surface area (Å²) in [6.45, 7) is 3.97. The second-order valence-corrected chi connectivity index (χ2v) is 9.64. The van der Waals surface area contributed by atoms with Gasteiger partial charge in [-0.05, 0) is 54.8 Å². The van der Waals surface area contributed by atoms with Crippen molar-refractivity contribution in [3.05, 3.63) is 78.4 Å². The Labute approximate surface area is 209 Å². The molecular formula is C27H30N2O5S. The first-order valence-corrected chi connectivity index (χ1v) is 12.4. The third-order valence-corrected chi connectivity index (χ3v) is 6.57. The standard InChI is InChI=1S/C27H30N2O5S/c1-27(2,17-7-6-10-24(31)29-33)25(22-15-16-23(30)21-9-5-4-8-20(21)22)34-26(32)28-18-11-13-19(35-3)14-12-18/h4-6,8-16,25,30,33H,7,17H2,1-3H3,(H,28,32)(H,29,31)/b10-6+/t25-/m1/s1. The molecule has 0 aliphatic heterocycles. The average Bonchev–Trinajstić information content (AvgIpc) is 2.86. The molecule has 0 aromatic heterocycles. The van der Waals surface area contributed by atoms with E-state index in [0.29, 0.717) is 23.9 Å². The lowest BCUT2D eigenvalue weighted by molar-refractivity contribution is -0.124. The van der Waals surface area contributed by atoms with Crippen molar-refractivity contribution in [3.8, 4) is 5.75 Å². The number of benzene rings is 3. The molecule has 8 heteroatoms. The van der Waals surface area contributed by atoms with E-state index in [-0.39, 0.29) is 5.75 Å². The van der Waals surface area contributed by atoms with Crippen molar-refractivity contribution in [2.45, 2.75) is 37.7 Å². The maximum Gasteiger partial charge on any atom is 0.412 e. The summed E-state index contributed by atoms with van der Waals surface area (Å²) < 4.78 is 6.03. The third-order valence-electron chi connectivity index (χ3n) is 5.82. The smallest absolute Gasteiger partial charge is 0.412 e. The van der Waals surface area contributed by atoms with E-state index >= 15 is 0 Å². The van der Waals surface area contributed by atoms with Gasteiger partial charge in [-0.3, -0.25) is 15.3 Å². The quantitative estimate of drug-likeness (QED) is 0.118. The Balaban J connectivity index is 1.91. The van der Waals surface area contributed by atoms with Gasteiger partial charge in [0, 0.05) is 33.0 Å². The van der Waals surface area contributed by atoms with Gasteiger partial charge in [0.15, 0.2) is 0 Å². The van der Waals surface area contributed by atoms with Crippen LogP contribution < -0.4 is 10.8 Å². The molecule has 7 nitrogen and oxygen atoms in total. The molecule has 4 N–H and O–H groups in total. The molecule has 0 radical (unpaired) electrons. The summed E-state index contributed by atoms with van der Waals surface area (Å²) in [7, 11) is 0. The maximum absolute atomic E-state index is 13.0. The summed E-state index contributed by atoms with van der Waals surface area (Å²) in [5, 5.41) is 23.3. The van der Waals surface area contributed by atoms with Crippen LogP contribution in [0.1, 0.15) is 38.4 Å². The number of carbonyl (C=O) groups is 2. The molecule has 0 aliphatic rings. The normalized spacial score (nSPS) is 12.5. The number of anilines is 1. The van der Waals surface area contributed by atoms with Crippen LogP contribution in [0.5, 0.6) is 5.75 Å². The van der Waals surface area contributed by atoms with Crippen molar-refractivity contribution < 1.29 is 24.6 Å². The van der Waals surface area contributed by atoms with Crippen LogP contribution in [-0.4, -0.2) is 28.6 Å². The number of phenols is 1. The molecule has 3 rings (SSSR count). The average molecular weight is 495 g/mol. The number of carbonyl (C=O) groups excluding carboxylic acids is 2. The molecule has 184 valence electrons. The number of nitrogens with one attached hydrogen (secondary N) is 2. The lowest BCUT2D eigenvalue weighted by Gasteiger charge is -2.35. The molecule has 0 heterocycles. The number of allylic oxidation sites excluding steroid dienone is 1. The molecule has 0 fully saturated rings. The predicted octanol–water partition coefficient (Wildman–Crippen LogP) is 6.43. The van der Waals surface area contributed by atoms with E-state index < -0.39 is 23.5 Å². The molecule has 3 aromatic rings. The van der Waals surface area contributed by atoms with Crippen LogP contribution in [0.25, 0.3) is 10.8 Å². The second-order valence-electron chi connectivity index (χ2n) is 8.76. The Hall–Kier alpha value is -3.49. The van der Waals surface area contributed by atoms with E-state index in [2.05, 4.69) is 5.32 Å². The van der Waals surface area contributed by atoms with Gasteiger partial charge in [0.05, 0.1) is 0 Å². The number of fused-ring (bicyclic) bond motifs is 1. The van der Waals surface area contributed by atoms with E-state index in [9.17, 15) is 14.7 Å². The highest BCUT2D eigenvalue weighted by Gasteiger charge is 2.35. The van der Waals surface area contributed by atoms with Crippen LogP contribution in [0.3, 0.4) is 0 Å². The number of hydrogen-bond acceptors (Lipinski definition) is 6. The van der Waals surface area contributed by atoms with Crippen LogP contribution in [0, 0.1) is 5.41 Å². The zero-order valence-electron chi connectivity index (χ0n) is 19.9. The number of hydroxylamine groups is 1. The van der Waals surface area contributed by atoms with Crippen molar-refractivity contribution in [2.24, 2.45) is 5.41 Å². The van der Waals surface area contributed by atoms with Gasteiger partial charge in [0.25, 0.3) is 5.91 Å². The van der Waals surface area contributed by atoms with Crippen molar-refractivity contribution in [1.82, 2.24) is 5.48 Å². The summed E-state index contributed by atoms with van der Waals surface area (Å²) in [5.41, 5.74) is 2.42. The number of rotatable bonds is 9. The van der Waals surface area contributed by atoms with E-state index in [1.165, 1.54) is 6.08 Å². The maximum atomic E-state index is 13.0. The van der Waals surface area contributed by atoms with Gasteiger partial charge < -0.3 is 9.84 Å². The van der Waals surface area contributed by atoms with Crippen LogP contribution >= 0.6 is 11.8 Å². The van der Waals surface area contributed by atoms with E-state index in [1.54, 1.807) is 35.5 Å². The highest BCUT2D eigenvalue weighted by atomic mass is 32.2. The minimum atomic E-state index is -0.654. The molecule has 3 aromatic carbocycles. The molecule has 0 saturated heterocycles. The van der Waals surface area contributed by atoms with Gasteiger partial charge in [0.2, 0.25) is 0 Å². The number of amides is 2. The lowest BCUT2D eigenvalue weighted by Crippen LogP contribution is -2.29. The lowest BCUT2D eigenvalue weighted by atomic mass is 9.77. The summed E-state index contributed by atoms with van der Waals surface area (Å²) >= 11 is 1.61. The van der Waals surface area contributed by atoms with Crippen molar-refractivity contribution in [3.63, 3.8) is 0 Å². The number of aromatic hydroxyl groups is 1. The van der Waals surface area contributed by atoms with Gasteiger partial charge in [-0.2, -0.15) is 0 Å². The van der Waals surface area contributed by atoms with Gasteiger partial charge in [-0.1, -0.05) is 50.3 Å². The second kappa shape index (κ2) is 11.8. The largest absolute Gasteiger partial charge is 0.507 e. The minimum absolute atomic E-state index is 0.150. The molecule has 0 unspecified atom stereocenters. The number of thioether (sulfide) groups is 1. The zero-order chi connectivity index (χ0) is 25.4.